The fraction of sp³-hybridized carbons (Fsp3) is 1.00. The molecule has 0 bridgehead atoms. The first kappa shape index (κ1) is 30.4. The van der Waals surface area contributed by atoms with E-state index in [4.69, 9.17) is 17.9 Å². The molecule has 29 heavy (non-hydrogen) atoms. The van der Waals surface area contributed by atoms with Gasteiger partial charge in [-0.25, -0.2) is 0 Å². The van der Waals surface area contributed by atoms with E-state index in [1.165, 1.54) is 150 Å². The van der Waals surface area contributed by atoms with Gasteiger partial charge < -0.3 is 0 Å². The van der Waals surface area contributed by atoms with Crippen LogP contribution >= 0.6 is 17.9 Å². The summed E-state index contributed by atoms with van der Waals surface area (Å²) in [6.45, 7) is 4.58. The Morgan fingerprint density at radius 1 is 0.345 bits per heavy atom. The van der Waals surface area contributed by atoms with E-state index in [0.717, 1.165) is 0 Å². The van der Waals surface area contributed by atoms with Gasteiger partial charge in [0.25, 0.3) is 0 Å². The van der Waals surface area contributed by atoms with Crippen LogP contribution in [0.4, 0.5) is 0 Å². The Balaban J connectivity index is 3.30. The van der Waals surface area contributed by atoms with Gasteiger partial charge in [-0.1, -0.05) is 13.8 Å². The molecule has 0 amide bonds. The van der Waals surface area contributed by atoms with Crippen molar-refractivity contribution in [2.45, 2.75) is 164 Å². The van der Waals surface area contributed by atoms with E-state index in [-0.39, 0.29) is 0 Å². The molecular formula is C26H54Cl2Te. The first-order chi connectivity index (χ1) is 14.1. The van der Waals surface area contributed by atoms with Crippen LogP contribution in [0.5, 0.6) is 0 Å². The maximum absolute atomic E-state index is 6.74. The van der Waals surface area contributed by atoms with Crippen LogP contribution in [-0.4, -0.2) is 15.9 Å². The zero-order valence-corrected chi connectivity index (χ0v) is 24.0. The van der Waals surface area contributed by atoms with Crippen molar-refractivity contribution in [2.75, 3.05) is 0 Å². The maximum atomic E-state index is 6.74. The molecule has 0 spiro atoms. The van der Waals surface area contributed by atoms with Gasteiger partial charge in [0.05, 0.1) is 0 Å². The SMILES string of the molecule is CCCCCCCCCCCCC[Te](Cl)(Cl)CCCCCCCCCCCCC. The van der Waals surface area contributed by atoms with Gasteiger partial charge in [0, 0.05) is 0 Å². The standard InChI is InChI=1S/C26H54Cl2Te/c1-3-5-7-9-11-13-15-17-19-21-23-25-29(27,28)26-24-22-20-18-16-14-12-10-8-6-4-2/h3-26H2,1-2H3. The average molecular weight is 565 g/mol. The molecule has 0 aromatic carbocycles. The minimum atomic E-state index is -2.49. The van der Waals surface area contributed by atoms with E-state index >= 15 is 0 Å². The second kappa shape index (κ2) is 24.0. The van der Waals surface area contributed by atoms with Crippen LogP contribution in [-0.2, 0) is 0 Å². The van der Waals surface area contributed by atoms with Crippen LogP contribution < -0.4 is 0 Å². The van der Waals surface area contributed by atoms with Crippen LogP contribution in [0, 0.1) is 0 Å². The average Bonchev–Trinajstić information content (AvgIpc) is 2.70. The van der Waals surface area contributed by atoms with E-state index in [9.17, 15) is 0 Å². The van der Waals surface area contributed by atoms with E-state index in [1.54, 1.807) is 0 Å². The summed E-state index contributed by atoms with van der Waals surface area (Å²) in [6.07, 6.45) is 30.8. The number of hydrogen-bond donors (Lipinski definition) is 0. The minimum absolute atomic E-state index is 1.17. The Bertz CT molecular complexity index is 279. The van der Waals surface area contributed by atoms with Crippen molar-refractivity contribution in [2.24, 2.45) is 0 Å². The van der Waals surface area contributed by atoms with E-state index < -0.39 is 15.9 Å². The van der Waals surface area contributed by atoms with E-state index in [0.29, 0.717) is 0 Å². The number of hydrogen-bond acceptors (Lipinski definition) is 0. The predicted molar refractivity (Wildman–Crippen MR) is 140 cm³/mol. The Hall–Kier alpha value is 1.37. The fourth-order valence-electron chi connectivity index (χ4n) is 4.06. The quantitative estimate of drug-likeness (QED) is 0.0807. The molecule has 0 fully saturated rings. The van der Waals surface area contributed by atoms with Gasteiger partial charge in [-0.3, -0.25) is 0 Å². The van der Waals surface area contributed by atoms with Gasteiger partial charge in [-0.2, -0.15) is 0 Å². The molecule has 3 heteroatoms. The van der Waals surface area contributed by atoms with E-state index in [1.807, 2.05) is 0 Å². The molecule has 0 aliphatic carbocycles. The first-order valence-corrected chi connectivity index (χ1v) is 22.5. The Labute approximate surface area is 197 Å². The topological polar surface area (TPSA) is 0 Å². The molecule has 0 saturated heterocycles. The van der Waals surface area contributed by atoms with Crippen LogP contribution in [0.3, 0.4) is 0 Å². The molecule has 0 N–H and O–H groups in total. The molecule has 0 atom stereocenters. The third kappa shape index (κ3) is 25.5. The smallest absolute Gasteiger partial charge is 0.0654 e. The summed E-state index contributed by atoms with van der Waals surface area (Å²) in [7, 11) is 13.5. The molecular weight excluding hydrogens is 511 g/mol. The number of unbranched alkanes of at least 4 members (excludes halogenated alkanes) is 20. The molecule has 178 valence electrons. The van der Waals surface area contributed by atoms with Crippen molar-refractivity contribution in [3.8, 4) is 0 Å². The van der Waals surface area contributed by atoms with Crippen molar-refractivity contribution in [1.29, 1.82) is 0 Å². The normalized spacial score (nSPS) is 12.6. The Morgan fingerprint density at radius 3 is 0.793 bits per heavy atom. The Kier molecular flexibility index (Phi) is 25.2. The van der Waals surface area contributed by atoms with Gasteiger partial charge in [-0.15, -0.1) is 0 Å². The number of rotatable bonds is 24. The first-order valence-electron chi connectivity index (χ1n) is 13.3. The van der Waals surface area contributed by atoms with Crippen molar-refractivity contribution >= 4 is 33.9 Å². The van der Waals surface area contributed by atoms with Gasteiger partial charge >= 0.3 is 184 Å². The van der Waals surface area contributed by atoms with Gasteiger partial charge in [-0.05, 0) is 0 Å². The molecule has 0 aromatic heterocycles. The van der Waals surface area contributed by atoms with Crippen LogP contribution in [0.25, 0.3) is 0 Å². The van der Waals surface area contributed by atoms with Gasteiger partial charge in [0.2, 0.25) is 0 Å². The van der Waals surface area contributed by atoms with Crippen molar-refractivity contribution in [3.05, 3.63) is 0 Å². The third-order valence-corrected chi connectivity index (χ3v) is 15.3. The monoisotopic (exact) mass is 566 g/mol. The summed E-state index contributed by atoms with van der Waals surface area (Å²) in [5.41, 5.74) is 0. The molecule has 0 aliphatic rings. The van der Waals surface area contributed by atoms with E-state index in [2.05, 4.69) is 13.8 Å². The van der Waals surface area contributed by atoms with Crippen molar-refractivity contribution < 1.29 is 0 Å². The van der Waals surface area contributed by atoms with Crippen LogP contribution in [0.1, 0.15) is 155 Å². The molecule has 0 aliphatic heterocycles. The second-order valence-corrected chi connectivity index (χ2v) is 24.5. The zero-order chi connectivity index (χ0) is 21.5. The van der Waals surface area contributed by atoms with Crippen LogP contribution in [0.2, 0.25) is 8.94 Å². The van der Waals surface area contributed by atoms with Gasteiger partial charge in [0.15, 0.2) is 0 Å². The second-order valence-electron chi connectivity index (χ2n) is 9.18. The summed E-state index contributed by atoms with van der Waals surface area (Å²) in [5.74, 6) is 0. The molecule has 0 aromatic rings. The Morgan fingerprint density at radius 2 is 0.552 bits per heavy atom. The predicted octanol–water partition coefficient (Wildman–Crippen LogP) is 11.5. The fourth-order valence-corrected chi connectivity index (χ4v) is 11.1. The molecule has 0 nitrogen and oxygen atoms in total. The summed E-state index contributed by atoms with van der Waals surface area (Å²) in [4.78, 5) is 0. The summed E-state index contributed by atoms with van der Waals surface area (Å²) in [5, 5.41) is 0. The summed E-state index contributed by atoms with van der Waals surface area (Å²) in [6, 6.07) is 0. The zero-order valence-electron chi connectivity index (χ0n) is 20.1. The molecule has 0 radical (unpaired) electrons. The third-order valence-electron chi connectivity index (χ3n) is 6.09. The van der Waals surface area contributed by atoms with Crippen molar-refractivity contribution in [1.82, 2.24) is 0 Å². The van der Waals surface area contributed by atoms with Crippen molar-refractivity contribution in [3.63, 3.8) is 0 Å². The van der Waals surface area contributed by atoms with Gasteiger partial charge in [0.1, 0.15) is 0 Å². The molecule has 0 saturated carbocycles. The summed E-state index contributed by atoms with van der Waals surface area (Å²) >= 11 is -2.49. The number of halogens is 2. The summed E-state index contributed by atoms with van der Waals surface area (Å²) < 4.78 is 2.33. The molecule has 0 heterocycles. The van der Waals surface area contributed by atoms with Crippen LogP contribution in [0.15, 0.2) is 0 Å². The minimum Gasteiger partial charge on any atom is -0.0654 e. The molecule has 0 unspecified atom stereocenters. The molecule has 0 rings (SSSR count).